The van der Waals surface area contributed by atoms with Crippen LogP contribution in [-0.4, -0.2) is 57.4 Å². The number of nitrogens with zero attached hydrogens (tertiary/aromatic N) is 4. The molecule has 0 aliphatic carbocycles. The zero-order valence-electron chi connectivity index (χ0n) is 12.0. The summed E-state index contributed by atoms with van der Waals surface area (Å²) in [6, 6.07) is 0. The highest BCUT2D eigenvalue weighted by Gasteiger charge is 2.11. The number of carboxylic acid groups (broad SMARTS) is 1. The van der Waals surface area contributed by atoms with Gasteiger partial charge in [0.2, 0.25) is 5.95 Å². The minimum absolute atomic E-state index is 0.119. The highest BCUT2D eigenvalue weighted by atomic mass is 16.5. The van der Waals surface area contributed by atoms with Crippen molar-refractivity contribution < 1.29 is 19.4 Å². The van der Waals surface area contributed by atoms with Crippen LogP contribution in [0.25, 0.3) is 11.0 Å². The topological polar surface area (TPSA) is 121 Å². The molecule has 9 nitrogen and oxygen atoms in total. The number of H-pyrrole nitrogens is 1. The van der Waals surface area contributed by atoms with Crippen molar-refractivity contribution in [2.24, 2.45) is 0 Å². The maximum Gasteiger partial charge on any atom is 0.325 e. The third-order valence-corrected chi connectivity index (χ3v) is 2.19. The molecule has 2 N–H and O–H groups in total. The number of ether oxygens (including phenoxy) is 1. The number of hydrogen-bond donors (Lipinski definition) is 2. The monoisotopic (exact) mass is 295 g/mol. The van der Waals surface area contributed by atoms with Crippen molar-refractivity contribution in [2.45, 2.75) is 13.8 Å². The second-order valence-corrected chi connectivity index (χ2v) is 4.02. The summed E-state index contributed by atoms with van der Waals surface area (Å²) in [5.41, 5.74) is 0.644. The van der Waals surface area contributed by atoms with Crippen LogP contribution in [0.15, 0.2) is 12.4 Å². The quantitative estimate of drug-likeness (QED) is 0.779. The molecule has 0 atom stereocenters. The molecule has 0 radical (unpaired) electrons. The van der Waals surface area contributed by atoms with Gasteiger partial charge in [0, 0.05) is 20.2 Å². The molecular weight excluding hydrogens is 278 g/mol. The number of anilines is 1. The molecule has 0 spiro atoms. The van der Waals surface area contributed by atoms with Gasteiger partial charge < -0.3 is 14.7 Å². The lowest BCUT2D eigenvalue weighted by atomic mass is 10.4. The predicted molar refractivity (Wildman–Crippen MR) is 74.9 cm³/mol. The molecule has 0 aromatic carbocycles. The molecule has 114 valence electrons. The lowest BCUT2D eigenvalue weighted by molar-refractivity contribution is -0.141. The van der Waals surface area contributed by atoms with Gasteiger partial charge in [-0.3, -0.25) is 14.7 Å². The summed E-state index contributed by atoms with van der Waals surface area (Å²) >= 11 is 0. The molecule has 0 saturated carbocycles. The first-order valence-corrected chi connectivity index (χ1v) is 6.16. The van der Waals surface area contributed by atoms with Crippen LogP contribution in [0.2, 0.25) is 0 Å². The molecule has 2 aromatic rings. The molecule has 0 fully saturated rings. The summed E-state index contributed by atoms with van der Waals surface area (Å²) < 4.78 is 4.85. The molecule has 0 bridgehead atoms. The van der Waals surface area contributed by atoms with Crippen LogP contribution >= 0.6 is 0 Å². The van der Waals surface area contributed by atoms with Gasteiger partial charge in [0.05, 0.1) is 18.2 Å². The van der Waals surface area contributed by atoms with Gasteiger partial charge in [-0.1, -0.05) is 0 Å². The Bertz CT molecular complexity index is 608. The molecule has 2 rings (SSSR count). The van der Waals surface area contributed by atoms with E-state index >= 15 is 0 Å². The number of carbonyl (C=O) groups is 2. The van der Waals surface area contributed by atoms with E-state index in [0.29, 0.717) is 18.2 Å². The first-order valence-electron chi connectivity index (χ1n) is 6.16. The van der Waals surface area contributed by atoms with Crippen molar-refractivity contribution in [1.29, 1.82) is 0 Å². The number of aliphatic carboxylic acids is 1. The van der Waals surface area contributed by atoms with Crippen molar-refractivity contribution in [3.63, 3.8) is 0 Å². The number of rotatable bonds is 4. The van der Waals surface area contributed by atoms with Crippen molar-refractivity contribution in [1.82, 2.24) is 20.2 Å². The Labute approximate surface area is 121 Å². The number of fused-ring (bicyclic) bond motifs is 1. The maximum absolute atomic E-state index is 11.3. The Balaban J connectivity index is 0.000000491. The molecule has 0 unspecified atom stereocenters. The minimum atomic E-state index is -0.833. The van der Waals surface area contributed by atoms with Gasteiger partial charge in [0.25, 0.3) is 5.97 Å². The molecule has 0 saturated heterocycles. The standard InChI is InChI=1S/C10H13N5O2.C2H4O2/c1-3-17-8(16)6-15(2)10-11-4-7-5-12-14-9(7)13-10;1-2(3)4/h4-5H,3,6H2,1-2H3,(H,11,12,13,14);1H3,(H,3,4). The zero-order valence-corrected chi connectivity index (χ0v) is 12.0. The molecule has 9 heteroatoms. The molecule has 2 heterocycles. The van der Waals surface area contributed by atoms with E-state index in [0.717, 1.165) is 12.3 Å². The third kappa shape index (κ3) is 5.43. The van der Waals surface area contributed by atoms with Crippen molar-refractivity contribution in [3.8, 4) is 0 Å². The molecule has 0 aliphatic rings. The van der Waals surface area contributed by atoms with E-state index in [-0.39, 0.29) is 12.5 Å². The average Bonchev–Trinajstić information content (AvgIpc) is 2.85. The van der Waals surface area contributed by atoms with Crippen LogP contribution in [-0.2, 0) is 14.3 Å². The summed E-state index contributed by atoms with van der Waals surface area (Å²) in [6.45, 7) is 3.34. The van der Waals surface area contributed by atoms with Gasteiger partial charge in [-0.15, -0.1) is 0 Å². The van der Waals surface area contributed by atoms with E-state index in [4.69, 9.17) is 14.6 Å². The summed E-state index contributed by atoms with van der Waals surface area (Å²) in [5, 5.41) is 14.9. The molecule has 21 heavy (non-hydrogen) atoms. The van der Waals surface area contributed by atoms with E-state index < -0.39 is 5.97 Å². The molecule has 0 aliphatic heterocycles. The summed E-state index contributed by atoms with van der Waals surface area (Å²) in [4.78, 5) is 30.3. The smallest absolute Gasteiger partial charge is 0.325 e. The van der Waals surface area contributed by atoms with E-state index in [9.17, 15) is 4.79 Å². The SMILES string of the molecule is CC(=O)O.CCOC(=O)CN(C)c1ncc2cn[nH]c2n1. The van der Waals surface area contributed by atoms with Gasteiger partial charge in [-0.05, 0) is 6.92 Å². The normalized spacial score (nSPS) is 9.67. The van der Waals surface area contributed by atoms with Crippen LogP contribution in [0, 0.1) is 0 Å². The second-order valence-electron chi connectivity index (χ2n) is 4.02. The van der Waals surface area contributed by atoms with E-state index in [1.165, 1.54) is 0 Å². The van der Waals surface area contributed by atoms with Crippen LogP contribution < -0.4 is 4.90 Å². The van der Waals surface area contributed by atoms with Gasteiger partial charge in [0.15, 0.2) is 5.65 Å². The fourth-order valence-electron chi connectivity index (χ4n) is 1.38. The molecule has 0 amide bonds. The van der Waals surface area contributed by atoms with Crippen LogP contribution in [0.4, 0.5) is 5.95 Å². The fraction of sp³-hybridized carbons (Fsp3) is 0.417. The summed E-state index contributed by atoms with van der Waals surface area (Å²) in [7, 11) is 1.73. The lowest BCUT2D eigenvalue weighted by Crippen LogP contribution is -2.28. The zero-order chi connectivity index (χ0) is 15.8. The van der Waals surface area contributed by atoms with E-state index in [1.807, 2.05) is 0 Å². The first-order chi connectivity index (χ1) is 9.93. The van der Waals surface area contributed by atoms with Crippen molar-refractivity contribution >= 4 is 28.9 Å². The number of nitrogens with one attached hydrogen (secondary N) is 1. The number of esters is 1. The summed E-state index contributed by atoms with van der Waals surface area (Å²) in [6.07, 6.45) is 3.30. The van der Waals surface area contributed by atoms with Gasteiger partial charge in [-0.2, -0.15) is 10.1 Å². The van der Waals surface area contributed by atoms with Gasteiger partial charge >= 0.3 is 5.97 Å². The Morgan fingerprint density at radius 1 is 1.43 bits per heavy atom. The number of carbonyl (C=O) groups excluding carboxylic acids is 1. The number of aromatic amines is 1. The van der Waals surface area contributed by atoms with E-state index in [1.54, 1.807) is 31.3 Å². The Kier molecular flexibility index (Phi) is 6.05. The Hall–Kier alpha value is -2.71. The molecular formula is C12H17N5O4. The van der Waals surface area contributed by atoms with E-state index in [2.05, 4.69) is 20.2 Å². The third-order valence-electron chi connectivity index (χ3n) is 2.19. The number of hydrogen-bond acceptors (Lipinski definition) is 7. The van der Waals surface area contributed by atoms with Crippen LogP contribution in [0.5, 0.6) is 0 Å². The molecule has 2 aromatic heterocycles. The minimum Gasteiger partial charge on any atom is -0.481 e. The number of carboxylic acids is 1. The van der Waals surface area contributed by atoms with Crippen molar-refractivity contribution in [3.05, 3.63) is 12.4 Å². The first kappa shape index (κ1) is 16.3. The Morgan fingerprint density at radius 2 is 2.10 bits per heavy atom. The maximum atomic E-state index is 11.3. The second kappa shape index (κ2) is 7.78. The lowest BCUT2D eigenvalue weighted by Gasteiger charge is -2.15. The highest BCUT2D eigenvalue weighted by molar-refractivity contribution is 5.76. The number of likely N-dealkylation sites (N-methyl/N-ethyl adjacent to an activating group) is 1. The van der Waals surface area contributed by atoms with Gasteiger partial charge in [-0.25, -0.2) is 4.98 Å². The van der Waals surface area contributed by atoms with Crippen LogP contribution in [0.1, 0.15) is 13.8 Å². The predicted octanol–water partition coefficient (Wildman–Crippen LogP) is 0.443. The fourth-order valence-corrected chi connectivity index (χ4v) is 1.38. The highest BCUT2D eigenvalue weighted by Crippen LogP contribution is 2.10. The van der Waals surface area contributed by atoms with Gasteiger partial charge in [0.1, 0.15) is 6.54 Å². The van der Waals surface area contributed by atoms with Crippen LogP contribution in [0.3, 0.4) is 0 Å². The van der Waals surface area contributed by atoms with Crippen molar-refractivity contribution in [2.75, 3.05) is 25.1 Å². The number of aromatic nitrogens is 4. The Morgan fingerprint density at radius 3 is 2.71 bits per heavy atom. The average molecular weight is 295 g/mol. The summed E-state index contributed by atoms with van der Waals surface area (Å²) in [5.74, 6) is -0.682. The largest absolute Gasteiger partial charge is 0.481 e.